The molecule has 1 heterocycles. The zero-order valence-corrected chi connectivity index (χ0v) is 12.2. The molecular formula is C14H20ClN5. The van der Waals surface area contributed by atoms with Gasteiger partial charge in [0, 0.05) is 6.04 Å². The van der Waals surface area contributed by atoms with E-state index < -0.39 is 0 Å². The Balaban J connectivity index is 1.55. The summed E-state index contributed by atoms with van der Waals surface area (Å²) in [5.41, 5.74) is 5.72. The third-order valence-electron chi connectivity index (χ3n) is 5.34. The fourth-order valence-corrected chi connectivity index (χ4v) is 4.99. The highest BCUT2D eigenvalue weighted by molar-refractivity contribution is 6.16. The van der Waals surface area contributed by atoms with E-state index in [4.69, 9.17) is 17.3 Å². The molecule has 108 valence electrons. The van der Waals surface area contributed by atoms with Gasteiger partial charge in [-0.05, 0) is 55.8 Å². The molecule has 0 aliphatic heterocycles. The van der Waals surface area contributed by atoms with E-state index in [1.54, 1.807) is 0 Å². The van der Waals surface area contributed by atoms with Crippen LogP contribution in [0.1, 0.15) is 37.9 Å². The Morgan fingerprint density at radius 2 is 1.65 bits per heavy atom. The Morgan fingerprint density at radius 3 is 2.25 bits per heavy atom. The van der Waals surface area contributed by atoms with Gasteiger partial charge in [0.2, 0.25) is 11.9 Å². The number of nitrogen functional groups attached to an aromatic ring is 1. The van der Waals surface area contributed by atoms with Gasteiger partial charge >= 0.3 is 0 Å². The van der Waals surface area contributed by atoms with Crippen LogP contribution in [0.5, 0.6) is 0 Å². The predicted octanol–water partition coefficient (Wildman–Crippen LogP) is 2.43. The fraction of sp³-hybridized carbons (Fsp3) is 0.786. The summed E-state index contributed by atoms with van der Waals surface area (Å²) in [5.74, 6) is 5.17. The summed E-state index contributed by atoms with van der Waals surface area (Å²) in [6.07, 6.45) is 6.94. The van der Waals surface area contributed by atoms with Crippen LogP contribution in [0.25, 0.3) is 0 Å². The maximum atomic E-state index is 5.80. The molecule has 0 saturated heterocycles. The Labute approximate surface area is 123 Å². The van der Waals surface area contributed by atoms with Crippen LogP contribution in [-0.4, -0.2) is 21.0 Å². The molecule has 5 rings (SSSR count). The highest BCUT2D eigenvalue weighted by Gasteiger charge is 2.48. The summed E-state index contributed by atoms with van der Waals surface area (Å²) in [6.45, 7) is 0. The average molecular weight is 294 g/mol. The van der Waals surface area contributed by atoms with Gasteiger partial charge in [-0.25, -0.2) is 0 Å². The van der Waals surface area contributed by atoms with Gasteiger partial charge < -0.3 is 11.1 Å². The first-order valence-corrected chi connectivity index (χ1v) is 8.07. The van der Waals surface area contributed by atoms with Gasteiger partial charge in [-0.2, -0.15) is 15.0 Å². The second-order valence-electron chi connectivity index (χ2n) is 6.67. The molecule has 1 aromatic heterocycles. The van der Waals surface area contributed by atoms with Gasteiger partial charge in [0.05, 0.1) is 5.88 Å². The van der Waals surface area contributed by atoms with Crippen molar-refractivity contribution in [2.45, 2.75) is 44.0 Å². The normalized spacial score (nSPS) is 38.1. The topological polar surface area (TPSA) is 76.7 Å². The molecule has 0 aromatic carbocycles. The highest BCUT2D eigenvalue weighted by Crippen LogP contribution is 2.54. The van der Waals surface area contributed by atoms with Gasteiger partial charge in [-0.1, -0.05) is 0 Å². The quantitative estimate of drug-likeness (QED) is 0.837. The smallest absolute Gasteiger partial charge is 0.228 e. The van der Waals surface area contributed by atoms with Crippen LogP contribution in [0.3, 0.4) is 0 Å². The standard InChI is InChI=1S/C14H20ClN5/c15-6-11-17-13(16)20-14(18-11)19-12-9-2-7-1-8(4-9)5-10(12)3-7/h7-10,12H,1-6H2,(H3,16,17,18,19,20). The van der Waals surface area contributed by atoms with Gasteiger partial charge in [0.15, 0.2) is 5.82 Å². The largest absolute Gasteiger partial charge is 0.368 e. The van der Waals surface area contributed by atoms with Crippen molar-refractivity contribution in [3.8, 4) is 0 Å². The maximum Gasteiger partial charge on any atom is 0.228 e. The van der Waals surface area contributed by atoms with Gasteiger partial charge in [-0.15, -0.1) is 11.6 Å². The summed E-state index contributed by atoms with van der Waals surface area (Å²) in [4.78, 5) is 12.6. The van der Waals surface area contributed by atoms with Crippen molar-refractivity contribution in [3.05, 3.63) is 5.82 Å². The number of hydrogen-bond donors (Lipinski definition) is 2. The summed E-state index contributed by atoms with van der Waals surface area (Å²) in [5, 5.41) is 3.54. The number of rotatable bonds is 3. The van der Waals surface area contributed by atoms with Crippen molar-refractivity contribution in [1.82, 2.24) is 15.0 Å². The van der Waals surface area contributed by atoms with Crippen LogP contribution in [0.15, 0.2) is 0 Å². The number of hydrogen-bond acceptors (Lipinski definition) is 5. The van der Waals surface area contributed by atoms with E-state index in [2.05, 4.69) is 20.3 Å². The number of nitrogens with two attached hydrogens (primary N) is 1. The van der Waals surface area contributed by atoms with Crippen molar-refractivity contribution in [2.75, 3.05) is 11.1 Å². The molecule has 6 heteroatoms. The summed E-state index contributed by atoms with van der Waals surface area (Å²) in [6, 6.07) is 0.507. The van der Waals surface area contributed by atoms with Crippen molar-refractivity contribution < 1.29 is 0 Å². The minimum Gasteiger partial charge on any atom is -0.368 e. The number of alkyl halides is 1. The van der Waals surface area contributed by atoms with E-state index >= 15 is 0 Å². The van der Waals surface area contributed by atoms with E-state index in [-0.39, 0.29) is 11.8 Å². The molecule has 4 aliphatic rings. The SMILES string of the molecule is Nc1nc(CCl)nc(NC2C3CC4CC(C3)CC2C4)n1. The first-order valence-electron chi connectivity index (χ1n) is 7.54. The minimum atomic E-state index is 0.252. The van der Waals surface area contributed by atoms with Crippen molar-refractivity contribution in [2.24, 2.45) is 23.7 Å². The second-order valence-corrected chi connectivity index (χ2v) is 6.94. The number of nitrogens with zero attached hydrogens (tertiary/aromatic N) is 3. The molecule has 0 atom stereocenters. The number of nitrogens with one attached hydrogen (secondary N) is 1. The highest BCUT2D eigenvalue weighted by atomic mass is 35.5. The second kappa shape index (κ2) is 4.72. The maximum absolute atomic E-state index is 5.80. The van der Waals surface area contributed by atoms with Gasteiger partial charge in [0.25, 0.3) is 0 Å². The summed E-state index contributed by atoms with van der Waals surface area (Å²) in [7, 11) is 0. The van der Waals surface area contributed by atoms with Crippen LogP contribution >= 0.6 is 11.6 Å². The molecule has 4 saturated carbocycles. The molecule has 5 nitrogen and oxygen atoms in total. The first-order chi connectivity index (χ1) is 9.71. The lowest BCUT2D eigenvalue weighted by Crippen LogP contribution is -2.51. The predicted molar refractivity (Wildman–Crippen MR) is 78.3 cm³/mol. The molecule has 0 amide bonds. The Hall–Kier alpha value is -1.10. The third-order valence-corrected chi connectivity index (χ3v) is 5.58. The third kappa shape index (κ3) is 2.12. The minimum absolute atomic E-state index is 0.252. The van der Waals surface area contributed by atoms with E-state index in [1.165, 1.54) is 32.1 Å². The van der Waals surface area contributed by atoms with Crippen LogP contribution in [0.2, 0.25) is 0 Å². The molecule has 20 heavy (non-hydrogen) atoms. The average Bonchev–Trinajstić information content (AvgIpc) is 2.41. The number of aromatic nitrogens is 3. The molecule has 0 spiro atoms. The molecule has 4 aliphatic carbocycles. The molecular weight excluding hydrogens is 274 g/mol. The lowest BCUT2D eigenvalue weighted by atomic mass is 9.54. The zero-order chi connectivity index (χ0) is 13.7. The lowest BCUT2D eigenvalue weighted by molar-refractivity contribution is 0.00727. The van der Waals surface area contributed by atoms with E-state index in [1.807, 2.05) is 0 Å². The lowest BCUT2D eigenvalue weighted by Gasteiger charge is -2.54. The number of halogens is 1. The van der Waals surface area contributed by atoms with Crippen LogP contribution < -0.4 is 11.1 Å². The van der Waals surface area contributed by atoms with Gasteiger partial charge in [0.1, 0.15) is 0 Å². The monoisotopic (exact) mass is 293 g/mol. The molecule has 3 N–H and O–H groups in total. The zero-order valence-electron chi connectivity index (χ0n) is 11.4. The Bertz CT molecular complexity index is 492. The van der Waals surface area contributed by atoms with Gasteiger partial charge in [-0.3, -0.25) is 0 Å². The molecule has 4 fully saturated rings. The van der Waals surface area contributed by atoms with E-state index in [0.29, 0.717) is 17.8 Å². The molecule has 4 bridgehead atoms. The Kier molecular flexibility index (Phi) is 2.98. The van der Waals surface area contributed by atoms with E-state index in [9.17, 15) is 0 Å². The summed E-state index contributed by atoms with van der Waals surface area (Å²) < 4.78 is 0. The van der Waals surface area contributed by atoms with Crippen LogP contribution in [-0.2, 0) is 5.88 Å². The van der Waals surface area contributed by atoms with Crippen molar-refractivity contribution >= 4 is 23.5 Å². The first kappa shape index (κ1) is 12.6. The molecule has 0 unspecified atom stereocenters. The number of anilines is 2. The van der Waals surface area contributed by atoms with E-state index in [0.717, 1.165) is 23.7 Å². The molecule has 1 aromatic rings. The van der Waals surface area contributed by atoms with Crippen molar-refractivity contribution in [3.63, 3.8) is 0 Å². The van der Waals surface area contributed by atoms with Crippen LogP contribution in [0, 0.1) is 23.7 Å². The summed E-state index contributed by atoms with van der Waals surface area (Å²) >= 11 is 5.80. The fourth-order valence-electron chi connectivity index (χ4n) is 4.87. The van der Waals surface area contributed by atoms with Crippen molar-refractivity contribution in [1.29, 1.82) is 0 Å². The molecule has 0 radical (unpaired) electrons. The van der Waals surface area contributed by atoms with Crippen LogP contribution in [0.4, 0.5) is 11.9 Å². The Morgan fingerprint density at radius 1 is 1.00 bits per heavy atom.